The highest BCUT2D eigenvalue weighted by molar-refractivity contribution is 7.89. The number of carbonyl (C=O) groups is 1. The summed E-state index contributed by atoms with van der Waals surface area (Å²) in [7, 11) is -1.24. The molecule has 0 amide bonds. The number of esters is 1. The van der Waals surface area contributed by atoms with Gasteiger partial charge in [0.05, 0.1) is 25.7 Å². The summed E-state index contributed by atoms with van der Waals surface area (Å²) in [6, 6.07) is 5.75. The maximum atomic E-state index is 12.3. The Balaban J connectivity index is 3.04. The molecule has 0 aliphatic rings. The Morgan fingerprint density at radius 1 is 1.25 bits per heavy atom. The van der Waals surface area contributed by atoms with Gasteiger partial charge in [-0.15, -0.1) is 0 Å². The number of hydrogen-bond acceptors (Lipinski definition) is 6. The van der Waals surface area contributed by atoms with Gasteiger partial charge in [-0.3, -0.25) is 4.79 Å². The van der Waals surface area contributed by atoms with Crippen molar-refractivity contribution < 1.29 is 27.8 Å². The lowest BCUT2D eigenvalue weighted by Crippen LogP contribution is -2.38. The van der Waals surface area contributed by atoms with E-state index >= 15 is 0 Å². The molecule has 20 heavy (non-hydrogen) atoms. The first-order chi connectivity index (χ1) is 9.45. The van der Waals surface area contributed by atoms with E-state index in [1.54, 1.807) is 0 Å². The second kappa shape index (κ2) is 7.22. The second-order valence-electron chi connectivity index (χ2n) is 3.81. The number of rotatable bonds is 7. The molecule has 112 valence electrons. The van der Waals surface area contributed by atoms with Crippen LogP contribution in [0.25, 0.3) is 0 Å². The van der Waals surface area contributed by atoms with Gasteiger partial charge < -0.3 is 14.6 Å². The predicted molar refractivity (Wildman–Crippen MR) is 70.9 cm³/mol. The van der Waals surface area contributed by atoms with Crippen LogP contribution in [0, 0.1) is 0 Å². The minimum absolute atomic E-state index is 0.00986. The van der Waals surface area contributed by atoms with Crippen LogP contribution in [0.1, 0.15) is 0 Å². The zero-order valence-corrected chi connectivity index (χ0v) is 12.1. The van der Waals surface area contributed by atoms with Gasteiger partial charge in [0, 0.05) is 6.54 Å². The van der Waals surface area contributed by atoms with E-state index in [0.29, 0.717) is 5.75 Å². The average molecular weight is 303 g/mol. The molecule has 0 radical (unpaired) electrons. The number of aliphatic hydroxyl groups excluding tert-OH is 1. The van der Waals surface area contributed by atoms with Crippen LogP contribution in [0.15, 0.2) is 29.2 Å². The van der Waals surface area contributed by atoms with Crippen molar-refractivity contribution in [3.8, 4) is 5.75 Å². The number of hydrogen-bond donors (Lipinski definition) is 1. The van der Waals surface area contributed by atoms with Gasteiger partial charge in [0.25, 0.3) is 0 Å². The van der Waals surface area contributed by atoms with E-state index in [1.165, 1.54) is 38.5 Å². The Morgan fingerprint density at radius 3 is 2.30 bits per heavy atom. The van der Waals surface area contributed by atoms with E-state index in [1.807, 2.05) is 0 Å². The first kappa shape index (κ1) is 16.4. The van der Waals surface area contributed by atoms with E-state index in [2.05, 4.69) is 4.74 Å². The van der Waals surface area contributed by atoms with Crippen molar-refractivity contribution in [3.05, 3.63) is 24.3 Å². The minimum atomic E-state index is -3.88. The normalized spacial score (nSPS) is 11.4. The van der Waals surface area contributed by atoms with Crippen molar-refractivity contribution in [1.82, 2.24) is 4.31 Å². The number of sulfonamides is 1. The molecule has 0 heterocycles. The summed E-state index contributed by atoms with van der Waals surface area (Å²) >= 11 is 0. The van der Waals surface area contributed by atoms with Gasteiger partial charge in [0.15, 0.2) is 0 Å². The van der Waals surface area contributed by atoms with Crippen LogP contribution in [-0.4, -0.2) is 57.7 Å². The molecular formula is C12H17NO6S. The van der Waals surface area contributed by atoms with Gasteiger partial charge in [-0.05, 0) is 24.3 Å². The smallest absolute Gasteiger partial charge is 0.321 e. The number of methoxy groups -OCH3 is 2. The van der Waals surface area contributed by atoms with Gasteiger partial charge in [-0.25, -0.2) is 8.42 Å². The molecule has 1 aromatic carbocycles. The minimum Gasteiger partial charge on any atom is -0.497 e. The van der Waals surface area contributed by atoms with Gasteiger partial charge in [-0.1, -0.05) is 0 Å². The second-order valence-corrected chi connectivity index (χ2v) is 5.75. The lowest BCUT2D eigenvalue weighted by molar-refractivity contribution is -0.140. The summed E-state index contributed by atoms with van der Waals surface area (Å²) in [6.07, 6.45) is 0. The molecule has 0 atom stereocenters. The third-order valence-corrected chi connectivity index (χ3v) is 4.44. The lowest BCUT2D eigenvalue weighted by Gasteiger charge is -2.20. The Bertz CT molecular complexity index is 540. The van der Waals surface area contributed by atoms with Crippen molar-refractivity contribution in [1.29, 1.82) is 0 Å². The third kappa shape index (κ3) is 3.92. The molecular weight excluding hydrogens is 286 g/mol. The van der Waals surface area contributed by atoms with Gasteiger partial charge in [-0.2, -0.15) is 4.31 Å². The average Bonchev–Trinajstić information content (AvgIpc) is 2.46. The summed E-state index contributed by atoms with van der Waals surface area (Å²) in [5, 5.41) is 8.94. The number of aliphatic hydroxyl groups is 1. The first-order valence-corrected chi connectivity index (χ1v) is 7.21. The number of nitrogens with zero attached hydrogens (tertiary/aromatic N) is 1. The van der Waals surface area contributed by atoms with Crippen LogP contribution in [0.4, 0.5) is 0 Å². The van der Waals surface area contributed by atoms with Crippen LogP contribution in [0.3, 0.4) is 0 Å². The maximum absolute atomic E-state index is 12.3. The fourth-order valence-electron chi connectivity index (χ4n) is 1.50. The van der Waals surface area contributed by atoms with Gasteiger partial charge in [0.2, 0.25) is 10.0 Å². The van der Waals surface area contributed by atoms with E-state index < -0.39 is 29.1 Å². The van der Waals surface area contributed by atoms with Crippen molar-refractivity contribution in [3.63, 3.8) is 0 Å². The molecule has 0 aromatic heterocycles. The molecule has 0 aliphatic carbocycles. The summed E-state index contributed by atoms with van der Waals surface area (Å²) in [5.74, 6) is -0.179. The molecule has 0 saturated heterocycles. The monoisotopic (exact) mass is 303 g/mol. The third-order valence-electron chi connectivity index (χ3n) is 2.58. The highest BCUT2D eigenvalue weighted by Crippen LogP contribution is 2.19. The number of ether oxygens (including phenoxy) is 2. The zero-order chi connectivity index (χ0) is 15.2. The van der Waals surface area contributed by atoms with Crippen molar-refractivity contribution in [2.24, 2.45) is 0 Å². The van der Waals surface area contributed by atoms with Crippen molar-refractivity contribution >= 4 is 16.0 Å². The molecule has 0 bridgehead atoms. The quantitative estimate of drug-likeness (QED) is 0.704. The molecule has 1 aromatic rings. The molecule has 0 spiro atoms. The topological polar surface area (TPSA) is 93.1 Å². The molecule has 7 nitrogen and oxygen atoms in total. The van der Waals surface area contributed by atoms with Crippen molar-refractivity contribution in [2.75, 3.05) is 33.9 Å². The Kier molecular flexibility index (Phi) is 5.93. The highest BCUT2D eigenvalue weighted by Gasteiger charge is 2.26. The van der Waals surface area contributed by atoms with E-state index in [-0.39, 0.29) is 11.4 Å². The number of carbonyl (C=O) groups excluding carboxylic acids is 1. The summed E-state index contributed by atoms with van der Waals surface area (Å²) in [5.41, 5.74) is 0. The summed E-state index contributed by atoms with van der Waals surface area (Å²) in [6.45, 7) is -1.04. The van der Waals surface area contributed by atoms with Crippen LogP contribution < -0.4 is 4.74 Å². The fraction of sp³-hybridized carbons (Fsp3) is 0.417. The SMILES string of the molecule is COC(=O)CN(CCO)S(=O)(=O)c1ccc(OC)cc1. The highest BCUT2D eigenvalue weighted by atomic mass is 32.2. The zero-order valence-electron chi connectivity index (χ0n) is 11.3. The van der Waals surface area contributed by atoms with Crippen LogP contribution in [0.5, 0.6) is 5.75 Å². The van der Waals surface area contributed by atoms with E-state index in [9.17, 15) is 13.2 Å². The number of benzene rings is 1. The van der Waals surface area contributed by atoms with Crippen molar-refractivity contribution in [2.45, 2.75) is 4.90 Å². The fourth-order valence-corrected chi connectivity index (χ4v) is 2.88. The maximum Gasteiger partial charge on any atom is 0.321 e. The first-order valence-electron chi connectivity index (χ1n) is 5.77. The largest absolute Gasteiger partial charge is 0.497 e. The van der Waals surface area contributed by atoms with Crippen LogP contribution >= 0.6 is 0 Å². The van der Waals surface area contributed by atoms with Gasteiger partial charge in [0.1, 0.15) is 12.3 Å². The lowest BCUT2D eigenvalue weighted by atomic mass is 10.3. The van der Waals surface area contributed by atoms with E-state index in [0.717, 1.165) is 4.31 Å². The summed E-state index contributed by atoms with van der Waals surface area (Å²) in [4.78, 5) is 11.3. The molecule has 1 N–H and O–H groups in total. The Labute approximate surface area is 117 Å². The molecule has 1 rings (SSSR count). The molecule has 0 unspecified atom stereocenters. The predicted octanol–water partition coefficient (Wildman–Crippen LogP) is -0.149. The van der Waals surface area contributed by atoms with Crippen LogP contribution in [-0.2, 0) is 19.6 Å². The van der Waals surface area contributed by atoms with Gasteiger partial charge >= 0.3 is 5.97 Å². The summed E-state index contributed by atoms with van der Waals surface area (Å²) < 4.78 is 34.9. The Morgan fingerprint density at radius 2 is 1.85 bits per heavy atom. The molecule has 0 saturated carbocycles. The molecule has 0 aliphatic heterocycles. The van der Waals surface area contributed by atoms with E-state index in [4.69, 9.17) is 9.84 Å². The Hall–Kier alpha value is -1.64. The standard InChI is InChI=1S/C12H17NO6S/c1-18-10-3-5-11(6-4-10)20(16,17)13(7-8-14)9-12(15)19-2/h3-6,14H,7-9H2,1-2H3. The van der Waals surface area contributed by atoms with Crippen LogP contribution in [0.2, 0.25) is 0 Å². The molecule has 8 heteroatoms. The molecule has 0 fully saturated rings.